The molecule has 2 amide bonds. The Morgan fingerprint density at radius 2 is 2.00 bits per heavy atom. The maximum Gasteiger partial charge on any atom is 0.383 e. The van der Waals surface area contributed by atoms with E-state index in [0.29, 0.717) is 4.90 Å². The minimum atomic E-state index is -4.80. The predicted molar refractivity (Wildman–Crippen MR) is 48.5 cm³/mol. The molecule has 0 saturated carbocycles. The summed E-state index contributed by atoms with van der Waals surface area (Å²) in [4.78, 5) is 22.6. The second kappa shape index (κ2) is 4.86. The van der Waals surface area contributed by atoms with Gasteiger partial charge in [0.2, 0.25) is 5.91 Å². The van der Waals surface area contributed by atoms with Crippen LogP contribution in [0.3, 0.4) is 0 Å². The minimum Gasteiger partial charge on any atom is -0.368 e. The van der Waals surface area contributed by atoms with Crippen LogP contribution in [-0.4, -0.2) is 54.7 Å². The molecule has 1 unspecified atom stereocenters. The van der Waals surface area contributed by atoms with Crippen molar-refractivity contribution in [3.8, 4) is 0 Å². The van der Waals surface area contributed by atoms with Gasteiger partial charge in [0.15, 0.2) is 0 Å². The molecule has 1 fully saturated rings. The van der Waals surface area contributed by atoms with Crippen LogP contribution in [-0.2, 0) is 9.59 Å². The Morgan fingerprint density at radius 1 is 1.41 bits per heavy atom. The third-order valence-corrected chi connectivity index (χ3v) is 2.39. The molecule has 3 N–H and O–H groups in total. The van der Waals surface area contributed by atoms with Crippen LogP contribution < -0.4 is 11.1 Å². The zero-order valence-corrected chi connectivity index (χ0v) is 8.63. The van der Waals surface area contributed by atoms with Crippen LogP contribution in [0.1, 0.15) is 0 Å². The van der Waals surface area contributed by atoms with E-state index in [2.05, 4.69) is 5.32 Å². The van der Waals surface area contributed by atoms with Crippen LogP contribution in [0.4, 0.5) is 17.6 Å². The van der Waals surface area contributed by atoms with E-state index in [1.807, 2.05) is 0 Å². The Kier molecular flexibility index (Phi) is 3.91. The van der Waals surface area contributed by atoms with Crippen molar-refractivity contribution in [3.63, 3.8) is 0 Å². The van der Waals surface area contributed by atoms with E-state index in [4.69, 9.17) is 5.73 Å². The number of piperazine rings is 1. The monoisotopic (exact) mass is 257 g/mol. The molecule has 0 aromatic rings. The van der Waals surface area contributed by atoms with Crippen LogP contribution in [0.15, 0.2) is 0 Å². The summed E-state index contributed by atoms with van der Waals surface area (Å²) in [6.45, 7) is -0.260. The lowest BCUT2D eigenvalue weighted by Gasteiger charge is -2.35. The van der Waals surface area contributed by atoms with E-state index in [-0.39, 0.29) is 19.6 Å². The molecule has 0 aliphatic carbocycles. The van der Waals surface area contributed by atoms with Gasteiger partial charge in [0.05, 0.1) is 0 Å². The minimum absolute atomic E-state index is 0.125. The lowest BCUT2D eigenvalue weighted by molar-refractivity contribution is -0.184. The van der Waals surface area contributed by atoms with Gasteiger partial charge >= 0.3 is 12.3 Å². The van der Waals surface area contributed by atoms with Crippen molar-refractivity contribution in [2.75, 3.05) is 19.6 Å². The highest BCUT2D eigenvalue weighted by molar-refractivity contribution is 5.90. The topological polar surface area (TPSA) is 75.4 Å². The predicted octanol–water partition coefficient (Wildman–Crippen LogP) is -0.828. The summed E-state index contributed by atoms with van der Waals surface area (Å²) < 4.78 is 49.7. The first-order valence-electron chi connectivity index (χ1n) is 4.75. The number of nitrogens with one attached hydrogen (secondary N) is 1. The smallest absolute Gasteiger partial charge is 0.368 e. The van der Waals surface area contributed by atoms with Crippen molar-refractivity contribution < 1.29 is 27.2 Å². The van der Waals surface area contributed by atoms with Crippen molar-refractivity contribution >= 4 is 11.8 Å². The molecule has 9 heteroatoms. The number of halogens is 4. The van der Waals surface area contributed by atoms with Gasteiger partial charge in [-0.1, -0.05) is 0 Å². The summed E-state index contributed by atoms with van der Waals surface area (Å²) in [7, 11) is 0. The number of nitrogens with zero attached hydrogens (tertiary/aromatic N) is 1. The van der Waals surface area contributed by atoms with Crippen LogP contribution in [0.5, 0.6) is 0 Å². The first-order valence-corrected chi connectivity index (χ1v) is 4.75. The SMILES string of the molecule is NC(=O)C1CNCCN1C(=O)C(F)(F)C(F)F. The fraction of sp³-hybridized carbons (Fsp3) is 0.750. The maximum atomic E-state index is 12.8. The molecule has 1 atom stereocenters. The van der Waals surface area contributed by atoms with Gasteiger partial charge in [-0.3, -0.25) is 9.59 Å². The van der Waals surface area contributed by atoms with Crippen molar-refractivity contribution in [1.29, 1.82) is 0 Å². The highest BCUT2D eigenvalue weighted by Gasteiger charge is 2.53. The molecule has 1 rings (SSSR count). The molecule has 17 heavy (non-hydrogen) atoms. The summed E-state index contributed by atoms with van der Waals surface area (Å²) in [6.07, 6.45) is -4.11. The molecule has 98 valence electrons. The summed E-state index contributed by atoms with van der Waals surface area (Å²) in [5.41, 5.74) is 4.91. The number of alkyl halides is 4. The van der Waals surface area contributed by atoms with Crippen molar-refractivity contribution in [2.45, 2.75) is 18.4 Å². The van der Waals surface area contributed by atoms with Gasteiger partial charge in [-0.25, -0.2) is 8.78 Å². The Bertz CT molecular complexity index is 324. The fourth-order valence-corrected chi connectivity index (χ4v) is 1.49. The highest BCUT2D eigenvalue weighted by Crippen LogP contribution is 2.26. The molecule has 5 nitrogen and oxygen atoms in total. The molecule has 1 aliphatic rings. The molecule has 0 spiro atoms. The molecule has 1 aliphatic heterocycles. The average Bonchev–Trinajstić information content (AvgIpc) is 2.27. The molecule has 1 heterocycles. The first kappa shape index (κ1) is 13.7. The maximum absolute atomic E-state index is 12.8. The Labute approximate surface area is 93.9 Å². The lowest BCUT2D eigenvalue weighted by atomic mass is 10.1. The van der Waals surface area contributed by atoms with Crippen LogP contribution in [0.2, 0.25) is 0 Å². The molecule has 0 bridgehead atoms. The van der Waals surface area contributed by atoms with Gasteiger partial charge < -0.3 is 16.0 Å². The number of carbonyl (C=O) groups excluding carboxylic acids is 2. The zero-order valence-electron chi connectivity index (χ0n) is 8.63. The Hall–Kier alpha value is -1.38. The van der Waals surface area contributed by atoms with E-state index < -0.39 is 30.2 Å². The summed E-state index contributed by atoms with van der Waals surface area (Å²) >= 11 is 0. The number of hydrogen-bond donors (Lipinski definition) is 2. The van der Waals surface area contributed by atoms with E-state index in [1.165, 1.54) is 0 Å². The molecule has 0 aromatic carbocycles. The van der Waals surface area contributed by atoms with Gasteiger partial charge in [-0.15, -0.1) is 0 Å². The Morgan fingerprint density at radius 3 is 2.47 bits per heavy atom. The second-order valence-corrected chi connectivity index (χ2v) is 3.54. The van der Waals surface area contributed by atoms with Crippen molar-refractivity contribution in [2.24, 2.45) is 5.73 Å². The molecule has 0 radical (unpaired) electrons. The standard InChI is InChI=1S/C8H11F4N3O2/c9-6(10)8(11,12)7(17)15-2-1-14-3-4(15)5(13)16/h4,6,14H,1-3H2,(H2,13,16). The third kappa shape index (κ3) is 2.65. The van der Waals surface area contributed by atoms with Crippen molar-refractivity contribution in [1.82, 2.24) is 10.2 Å². The van der Waals surface area contributed by atoms with Gasteiger partial charge in [0.25, 0.3) is 5.91 Å². The molecular weight excluding hydrogens is 246 g/mol. The van der Waals surface area contributed by atoms with Crippen LogP contribution >= 0.6 is 0 Å². The number of nitrogens with two attached hydrogens (primary N) is 1. The summed E-state index contributed by atoms with van der Waals surface area (Å²) in [6, 6.07) is -1.33. The Balaban J connectivity index is 2.89. The van der Waals surface area contributed by atoms with Crippen molar-refractivity contribution in [3.05, 3.63) is 0 Å². The number of primary amides is 1. The first-order chi connectivity index (χ1) is 7.78. The van der Waals surface area contributed by atoms with Gasteiger partial charge in [-0.2, -0.15) is 8.78 Å². The van der Waals surface area contributed by atoms with Gasteiger partial charge in [0.1, 0.15) is 6.04 Å². The van der Waals surface area contributed by atoms with E-state index >= 15 is 0 Å². The molecule has 1 saturated heterocycles. The number of amides is 2. The van der Waals surface area contributed by atoms with Crippen LogP contribution in [0.25, 0.3) is 0 Å². The number of rotatable bonds is 3. The largest absolute Gasteiger partial charge is 0.383 e. The number of carbonyl (C=O) groups is 2. The van der Waals surface area contributed by atoms with E-state index in [1.54, 1.807) is 0 Å². The second-order valence-electron chi connectivity index (χ2n) is 3.54. The van der Waals surface area contributed by atoms with Gasteiger partial charge in [-0.05, 0) is 0 Å². The normalized spacial score (nSPS) is 21.7. The van der Waals surface area contributed by atoms with E-state index in [0.717, 1.165) is 0 Å². The zero-order chi connectivity index (χ0) is 13.2. The fourth-order valence-electron chi connectivity index (χ4n) is 1.49. The quantitative estimate of drug-likeness (QED) is 0.648. The summed E-state index contributed by atoms with van der Waals surface area (Å²) in [5.74, 6) is -7.89. The van der Waals surface area contributed by atoms with Gasteiger partial charge in [0, 0.05) is 19.6 Å². The summed E-state index contributed by atoms with van der Waals surface area (Å²) in [5, 5.41) is 2.65. The number of hydrogen-bond acceptors (Lipinski definition) is 3. The average molecular weight is 257 g/mol. The lowest BCUT2D eigenvalue weighted by Crippen LogP contribution is -2.62. The van der Waals surface area contributed by atoms with Crippen LogP contribution in [0, 0.1) is 0 Å². The molecule has 0 aromatic heterocycles. The van der Waals surface area contributed by atoms with E-state index in [9.17, 15) is 27.2 Å². The molecular formula is C8H11F4N3O2. The highest BCUT2D eigenvalue weighted by atomic mass is 19.3. The third-order valence-electron chi connectivity index (χ3n) is 2.39.